The number of likely N-dealkylation sites (tertiary alicyclic amines) is 1. The summed E-state index contributed by atoms with van der Waals surface area (Å²) >= 11 is 0. The Balaban J connectivity index is 1.57. The summed E-state index contributed by atoms with van der Waals surface area (Å²) in [5.41, 5.74) is 1.45. The molecular formula is C19H27N3O3. The molecule has 3 rings (SSSR count). The number of morpholine rings is 1. The third kappa shape index (κ3) is 3.70. The molecule has 0 saturated carbocycles. The number of aryl methyl sites for hydroxylation is 1. The van der Waals surface area contributed by atoms with Crippen LogP contribution in [0.3, 0.4) is 0 Å². The van der Waals surface area contributed by atoms with Crippen LogP contribution in [0.15, 0.2) is 24.3 Å². The summed E-state index contributed by atoms with van der Waals surface area (Å²) in [7, 11) is 1.94. The standard InChI is InChI=1S/C19H27N3O3/c1-13(2)20-17(23)16-9-25-19(10-21(16)4)11-22(12-19)18(24)15-7-5-6-14(3)8-15/h5-8,13,16H,9-12H2,1-4H3,(H,20,23)/t16-/m1/s1. The summed E-state index contributed by atoms with van der Waals surface area (Å²) in [5.74, 6) is 0.0413. The van der Waals surface area contributed by atoms with Crippen LogP contribution >= 0.6 is 0 Å². The van der Waals surface area contributed by atoms with Gasteiger partial charge in [-0.05, 0) is 40.0 Å². The number of carbonyl (C=O) groups is 2. The highest BCUT2D eigenvalue weighted by Gasteiger charge is 2.51. The molecule has 0 aliphatic carbocycles. The summed E-state index contributed by atoms with van der Waals surface area (Å²) in [6.45, 7) is 8.04. The number of hydrogen-bond acceptors (Lipinski definition) is 4. The second-order valence-electron chi connectivity index (χ2n) is 7.62. The molecule has 0 aromatic heterocycles. The number of carbonyl (C=O) groups excluding carboxylic acids is 2. The molecule has 2 saturated heterocycles. The van der Waals surface area contributed by atoms with E-state index in [1.807, 2.05) is 61.9 Å². The minimum Gasteiger partial charge on any atom is -0.368 e. The molecule has 0 radical (unpaired) electrons. The third-order valence-electron chi connectivity index (χ3n) is 4.86. The van der Waals surface area contributed by atoms with Crippen LogP contribution in [-0.4, -0.2) is 72.6 Å². The number of amides is 2. The molecule has 1 spiro atoms. The van der Waals surface area contributed by atoms with E-state index in [4.69, 9.17) is 4.74 Å². The van der Waals surface area contributed by atoms with Gasteiger partial charge in [-0.15, -0.1) is 0 Å². The molecule has 25 heavy (non-hydrogen) atoms. The number of likely N-dealkylation sites (N-methyl/N-ethyl adjacent to an activating group) is 1. The van der Waals surface area contributed by atoms with Crippen molar-refractivity contribution < 1.29 is 14.3 Å². The van der Waals surface area contributed by atoms with Gasteiger partial charge in [0, 0.05) is 18.2 Å². The molecule has 0 unspecified atom stereocenters. The highest BCUT2D eigenvalue weighted by Crippen LogP contribution is 2.31. The Bertz CT molecular complexity index is 668. The van der Waals surface area contributed by atoms with Gasteiger partial charge in [0.25, 0.3) is 5.91 Å². The van der Waals surface area contributed by atoms with Crippen molar-refractivity contribution in [1.29, 1.82) is 0 Å². The number of benzene rings is 1. The Hall–Kier alpha value is -1.92. The van der Waals surface area contributed by atoms with Crippen LogP contribution < -0.4 is 5.32 Å². The molecule has 2 aliphatic heterocycles. The second kappa shape index (κ2) is 6.77. The zero-order chi connectivity index (χ0) is 18.2. The predicted molar refractivity (Wildman–Crippen MR) is 95.5 cm³/mol. The Kier molecular flexibility index (Phi) is 4.84. The first kappa shape index (κ1) is 17.9. The normalized spacial score (nSPS) is 22.8. The highest BCUT2D eigenvalue weighted by atomic mass is 16.5. The molecule has 1 aromatic rings. The van der Waals surface area contributed by atoms with E-state index in [1.165, 1.54) is 0 Å². The van der Waals surface area contributed by atoms with Gasteiger partial charge in [0.15, 0.2) is 0 Å². The summed E-state index contributed by atoms with van der Waals surface area (Å²) < 4.78 is 6.03. The van der Waals surface area contributed by atoms with Crippen LogP contribution in [-0.2, 0) is 9.53 Å². The fourth-order valence-corrected chi connectivity index (χ4v) is 3.59. The second-order valence-corrected chi connectivity index (χ2v) is 7.62. The van der Waals surface area contributed by atoms with E-state index in [2.05, 4.69) is 5.32 Å². The van der Waals surface area contributed by atoms with Gasteiger partial charge in [0.1, 0.15) is 11.6 Å². The van der Waals surface area contributed by atoms with Crippen molar-refractivity contribution >= 4 is 11.8 Å². The van der Waals surface area contributed by atoms with E-state index >= 15 is 0 Å². The molecule has 1 atom stereocenters. The van der Waals surface area contributed by atoms with E-state index in [0.717, 1.165) is 5.56 Å². The van der Waals surface area contributed by atoms with Crippen molar-refractivity contribution in [3.05, 3.63) is 35.4 Å². The number of hydrogen-bond donors (Lipinski definition) is 1. The summed E-state index contributed by atoms with van der Waals surface area (Å²) in [6.07, 6.45) is 0. The van der Waals surface area contributed by atoms with Crippen LogP contribution in [0.1, 0.15) is 29.8 Å². The van der Waals surface area contributed by atoms with Gasteiger partial charge >= 0.3 is 0 Å². The van der Waals surface area contributed by atoms with E-state index < -0.39 is 0 Å². The van der Waals surface area contributed by atoms with Gasteiger partial charge in [0.05, 0.1) is 19.7 Å². The number of nitrogens with one attached hydrogen (secondary N) is 1. The van der Waals surface area contributed by atoms with Gasteiger partial charge in [-0.25, -0.2) is 0 Å². The van der Waals surface area contributed by atoms with E-state index in [9.17, 15) is 9.59 Å². The lowest BCUT2D eigenvalue weighted by atomic mass is 9.89. The molecule has 0 bridgehead atoms. The Morgan fingerprint density at radius 1 is 1.28 bits per heavy atom. The molecular weight excluding hydrogens is 318 g/mol. The van der Waals surface area contributed by atoms with Gasteiger partial charge in [-0.2, -0.15) is 0 Å². The van der Waals surface area contributed by atoms with Gasteiger partial charge < -0.3 is 15.0 Å². The third-order valence-corrected chi connectivity index (χ3v) is 4.86. The maximum atomic E-state index is 12.6. The van der Waals surface area contributed by atoms with Crippen molar-refractivity contribution in [2.75, 3.05) is 33.3 Å². The Labute approximate surface area is 149 Å². The topological polar surface area (TPSA) is 61.9 Å². The first-order valence-corrected chi connectivity index (χ1v) is 8.80. The fraction of sp³-hybridized carbons (Fsp3) is 0.579. The lowest BCUT2D eigenvalue weighted by molar-refractivity contribution is -0.187. The van der Waals surface area contributed by atoms with Crippen LogP contribution in [0.5, 0.6) is 0 Å². The van der Waals surface area contributed by atoms with Gasteiger partial charge in [-0.3, -0.25) is 14.5 Å². The average Bonchev–Trinajstić information content (AvgIpc) is 2.51. The summed E-state index contributed by atoms with van der Waals surface area (Å²) in [6, 6.07) is 7.49. The summed E-state index contributed by atoms with van der Waals surface area (Å²) in [5, 5.41) is 2.93. The predicted octanol–water partition coefficient (Wildman–Crippen LogP) is 1.04. The largest absolute Gasteiger partial charge is 0.368 e. The molecule has 2 fully saturated rings. The fourth-order valence-electron chi connectivity index (χ4n) is 3.59. The van der Waals surface area contributed by atoms with Crippen molar-refractivity contribution in [3.63, 3.8) is 0 Å². The maximum absolute atomic E-state index is 12.6. The molecule has 1 N–H and O–H groups in total. The van der Waals surface area contributed by atoms with Crippen molar-refractivity contribution in [2.45, 2.75) is 38.5 Å². The molecule has 6 heteroatoms. The lowest BCUT2D eigenvalue weighted by Gasteiger charge is -2.54. The SMILES string of the molecule is Cc1cccc(C(=O)N2CC3(C2)CN(C)[C@@H](C(=O)NC(C)C)CO3)c1. The molecule has 136 valence electrons. The van der Waals surface area contributed by atoms with Crippen LogP contribution in [0.25, 0.3) is 0 Å². The monoisotopic (exact) mass is 345 g/mol. The first-order valence-electron chi connectivity index (χ1n) is 8.80. The smallest absolute Gasteiger partial charge is 0.254 e. The minimum absolute atomic E-state index is 0.000586. The van der Waals surface area contributed by atoms with Crippen molar-refractivity contribution in [2.24, 2.45) is 0 Å². The van der Waals surface area contributed by atoms with E-state index in [1.54, 1.807) is 0 Å². The highest BCUT2D eigenvalue weighted by molar-refractivity contribution is 5.95. The molecule has 2 amide bonds. The average molecular weight is 345 g/mol. The molecule has 6 nitrogen and oxygen atoms in total. The van der Waals surface area contributed by atoms with Gasteiger partial charge in [0.2, 0.25) is 5.91 Å². The zero-order valence-corrected chi connectivity index (χ0v) is 15.4. The molecule has 1 aromatic carbocycles. The minimum atomic E-state index is -0.344. The molecule has 2 heterocycles. The van der Waals surface area contributed by atoms with E-state index in [0.29, 0.717) is 31.8 Å². The van der Waals surface area contributed by atoms with Gasteiger partial charge in [-0.1, -0.05) is 17.7 Å². The number of rotatable bonds is 3. The number of ether oxygens (including phenoxy) is 1. The summed E-state index contributed by atoms with van der Waals surface area (Å²) in [4.78, 5) is 28.7. The number of nitrogens with zero attached hydrogens (tertiary/aromatic N) is 2. The van der Waals surface area contributed by atoms with Crippen LogP contribution in [0.4, 0.5) is 0 Å². The Morgan fingerprint density at radius 3 is 2.60 bits per heavy atom. The first-order chi connectivity index (χ1) is 11.8. The van der Waals surface area contributed by atoms with Crippen molar-refractivity contribution in [1.82, 2.24) is 15.1 Å². The van der Waals surface area contributed by atoms with Crippen LogP contribution in [0.2, 0.25) is 0 Å². The quantitative estimate of drug-likeness (QED) is 0.889. The van der Waals surface area contributed by atoms with Crippen molar-refractivity contribution in [3.8, 4) is 0 Å². The lowest BCUT2D eigenvalue weighted by Crippen LogP contribution is -2.73. The van der Waals surface area contributed by atoms with Crippen LogP contribution in [0, 0.1) is 6.92 Å². The Morgan fingerprint density at radius 2 is 2.00 bits per heavy atom. The molecule has 2 aliphatic rings. The zero-order valence-electron chi connectivity index (χ0n) is 15.4. The maximum Gasteiger partial charge on any atom is 0.254 e. The van der Waals surface area contributed by atoms with E-state index in [-0.39, 0.29) is 29.5 Å².